The zero-order chi connectivity index (χ0) is 14.1. The lowest BCUT2D eigenvalue weighted by atomic mass is 9.90. The maximum absolute atomic E-state index is 12.1. The van der Waals surface area contributed by atoms with Gasteiger partial charge in [-0.15, -0.1) is 13.2 Å². The predicted molar refractivity (Wildman–Crippen MR) is 57.8 cm³/mol. The molecular formula is C11H16F3NO3. The summed E-state index contributed by atoms with van der Waals surface area (Å²) in [6, 6.07) is -0.818. The van der Waals surface area contributed by atoms with Crippen LogP contribution in [0.15, 0.2) is 11.6 Å². The molecule has 1 rings (SSSR count). The molecule has 0 aromatic carbocycles. The van der Waals surface area contributed by atoms with Crippen molar-refractivity contribution in [3.63, 3.8) is 0 Å². The van der Waals surface area contributed by atoms with Gasteiger partial charge >= 0.3 is 12.5 Å². The van der Waals surface area contributed by atoms with Crippen molar-refractivity contribution < 1.29 is 27.4 Å². The van der Waals surface area contributed by atoms with Crippen molar-refractivity contribution in [2.45, 2.75) is 51.8 Å². The number of nitrogens with one attached hydrogen (secondary N) is 1. The summed E-state index contributed by atoms with van der Waals surface area (Å²) in [6.45, 7) is 6.50. The van der Waals surface area contributed by atoms with Crippen LogP contribution in [0, 0.1) is 0 Å². The second kappa shape index (κ2) is 4.79. The molecule has 2 atom stereocenters. The van der Waals surface area contributed by atoms with Gasteiger partial charge in [0.25, 0.3) is 0 Å². The Morgan fingerprint density at radius 3 is 2.28 bits per heavy atom. The molecular weight excluding hydrogens is 251 g/mol. The number of alkyl carbamates (subject to hydrolysis) is 1. The molecule has 18 heavy (non-hydrogen) atoms. The maximum Gasteiger partial charge on any atom is 0.523 e. The molecule has 1 N–H and O–H groups in total. The van der Waals surface area contributed by atoms with Crippen LogP contribution >= 0.6 is 0 Å². The average molecular weight is 267 g/mol. The summed E-state index contributed by atoms with van der Waals surface area (Å²) in [5.74, 6) is 0. The first-order chi connectivity index (χ1) is 7.98. The number of carbonyl (C=O) groups is 1. The Kier molecular flexibility index (Phi) is 3.95. The third kappa shape index (κ3) is 4.56. The quantitative estimate of drug-likeness (QED) is 0.782. The van der Waals surface area contributed by atoms with E-state index in [1.807, 2.05) is 0 Å². The second-order valence-electron chi connectivity index (χ2n) is 5.07. The van der Waals surface area contributed by atoms with Gasteiger partial charge in [-0.2, -0.15) is 0 Å². The minimum Gasteiger partial charge on any atom is -0.444 e. The van der Waals surface area contributed by atoms with Crippen molar-refractivity contribution in [2.24, 2.45) is 0 Å². The normalized spacial score (nSPS) is 24.1. The molecule has 0 saturated carbocycles. The lowest BCUT2D eigenvalue weighted by molar-refractivity contribution is -0.341. The molecule has 104 valence electrons. The van der Waals surface area contributed by atoms with Crippen molar-refractivity contribution in [1.29, 1.82) is 0 Å². The van der Waals surface area contributed by atoms with Gasteiger partial charge in [0.15, 0.2) is 0 Å². The van der Waals surface area contributed by atoms with E-state index in [4.69, 9.17) is 4.74 Å². The highest BCUT2D eigenvalue weighted by molar-refractivity contribution is 5.69. The van der Waals surface area contributed by atoms with Crippen LogP contribution in [0.2, 0.25) is 0 Å². The van der Waals surface area contributed by atoms with E-state index in [9.17, 15) is 18.0 Å². The van der Waals surface area contributed by atoms with Gasteiger partial charge in [0.2, 0.25) is 0 Å². The molecule has 0 aromatic rings. The molecule has 0 aliphatic heterocycles. The molecule has 0 saturated heterocycles. The fraction of sp³-hybridized carbons (Fsp3) is 0.727. The summed E-state index contributed by atoms with van der Waals surface area (Å²) in [4.78, 5) is 11.4. The lowest BCUT2D eigenvalue weighted by Gasteiger charge is -2.35. The molecule has 1 amide bonds. The van der Waals surface area contributed by atoms with E-state index in [0.717, 1.165) is 0 Å². The number of amides is 1. The van der Waals surface area contributed by atoms with E-state index in [0.29, 0.717) is 5.57 Å². The van der Waals surface area contributed by atoms with Gasteiger partial charge in [-0.25, -0.2) is 4.79 Å². The van der Waals surface area contributed by atoms with Crippen LogP contribution in [0.3, 0.4) is 0 Å². The molecule has 0 spiro atoms. The van der Waals surface area contributed by atoms with Crippen LogP contribution in [-0.2, 0) is 9.47 Å². The van der Waals surface area contributed by atoms with E-state index in [2.05, 4.69) is 10.1 Å². The molecule has 0 radical (unpaired) electrons. The number of halogens is 3. The van der Waals surface area contributed by atoms with Crippen molar-refractivity contribution in [3.8, 4) is 0 Å². The van der Waals surface area contributed by atoms with Gasteiger partial charge in [-0.1, -0.05) is 6.08 Å². The van der Waals surface area contributed by atoms with Gasteiger partial charge in [-0.05, 0) is 33.3 Å². The Morgan fingerprint density at radius 1 is 1.33 bits per heavy atom. The number of hydrogen-bond acceptors (Lipinski definition) is 3. The SMILES string of the molecule is CC1=CC(NC(=O)OC(C)(C)C)[C@H]1OC(F)(F)F. The number of rotatable bonds is 2. The van der Waals surface area contributed by atoms with Crippen LogP contribution in [0.5, 0.6) is 0 Å². The third-order valence-corrected chi connectivity index (χ3v) is 2.16. The number of carbonyl (C=O) groups excluding carboxylic acids is 1. The van der Waals surface area contributed by atoms with Gasteiger partial charge in [0.05, 0.1) is 6.04 Å². The van der Waals surface area contributed by atoms with Crippen LogP contribution < -0.4 is 5.32 Å². The summed E-state index contributed by atoms with van der Waals surface area (Å²) in [7, 11) is 0. The summed E-state index contributed by atoms with van der Waals surface area (Å²) < 4.78 is 45.1. The monoisotopic (exact) mass is 267 g/mol. The van der Waals surface area contributed by atoms with E-state index in [-0.39, 0.29) is 0 Å². The summed E-state index contributed by atoms with van der Waals surface area (Å²) in [5.41, 5.74) is -0.277. The summed E-state index contributed by atoms with van der Waals surface area (Å²) >= 11 is 0. The average Bonchev–Trinajstić information content (AvgIpc) is 2.10. The standard InChI is InChI=1S/C11H16F3NO3/c1-6-5-7(8(6)17-11(12,13)14)15-9(16)18-10(2,3)4/h5,7-8H,1-4H3,(H,15,16)/t7?,8-/m0/s1. The van der Waals surface area contributed by atoms with E-state index >= 15 is 0 Å². The smallest absolute Gasteiger partial charge is 0.444 e. The Bertz CT molecular complexity index is 358. The molecule has 1 aliphatic rings. The Morgan fingerprint density at radius 2 is 1.89 bits per heavy atom. The van der Waals surface area contributed by atoms with Crippen LogP contribution in [0.4, 0.5) is 18.0 Å². The number of ether oxygens (including phenoxy) is 2. The predicted octanol–water partition coefficient (Wildman–Crippen LogP) is 2.74. The second-order valence-corrected chi connectivity index (χ2v) is 5.07. The van der Waals surface area contributed by atoms with E-state index in [1.54, 1.807) is 20.8 Å². The number of hydrogen-bond donors (Lipinski definition) is 1. The topological polar surface area (TPSA) is 47.6 Å². The molecule has 0 fully saturated rings. The highest BCUT2D eigenvalue weighted by Gasteiger charge is 2.42. The molecule has 1 unspecified atom stereocenters. The fourth-order valence-corrected chi connectivity index (χ4v) is 1.50. The molecule has 0 heterocycles. The highest BCUT2D eigenvalue weighted by atomic mass is 19.4. The Hall–Kier alpha value is -1.24. The fourth-order valence-electron chi connectivity index (χ4n) is 1.50. The van der Waals surface area contributed by atoms with Crippen molar-refractivity contribution in [2.75, 3.05) is 0 Å². The first-order valence-electron chi connectivity index (χ1n) is 5.40. The first kappa shape index (κ1) is 14.8. The van der Waals surface area contributed by atoms with Crippen molar-refractivity contribution in [1.82, 2.24) is 5.32 Å². The summed E-state index contributed by atoms with van der Waals surface area (Å²) in [6.07, 6.45) is -5.20. The van der Waals surface area contributed by atoms with Crippen molar-refractivity contribution >= 4 is 6.09 Å². The van der Waals surface area contributed by atoms with Crippen LogP contribution in [0.25, 0.3) is 0 Å². The Labute approximate surface area is 103 Å². The Balaban J connectivity index is 2.51. The van der Waals surface area contributed by atoms with Crippen molar-refractivity contribution in [3.05, 3.63) is 11.6 Å². The molecule has 0 aromatic heterocycles. The largest absolute Gasteiger partial charge is 0.523 e. The van der Waals surface area contributed by atoms with Gasteiger partial charge < -0.3 is 10.1 Å². The lowest BCUT2D eigenvalue weighted by Crippen LogP contribution is -2.52. The zero-order valence-corrected chi connectivity index (χ0v) is 10.6. The highest BCUT2D eigenvalue weighted by Crippen LogP contribution is 2.30. The first-order valence-corrected chi connectivity index (χ1v) is 5.40. The van der Waals surface area contributed by atoms with Gasteiger partial charge in [0, 0.05) is 0 Å². The molecule has 7 heteroatoms. The van der Waals surface area contributed by atoms with Crippen LogP contribution in [-0.4, -0.2) is 30.2 Å². The molecule has 0 bridgehead atoms. The minimum atomic E-state index is -4.73. The zero-order valence-electron chi connectivity index (χ0n) is 10.6. The van der Waals surface area contributed by atoms with Gasteiger partial charge in [-0.3, -0.25) is 4.74 Å². The van der Waals surface area contributed by atoms with E-state index in [1.165, 1.54) is 13.0 Å². The van der Waals surface area contributed by atoms with Gasteiger partial charge in [0.1, 0.15) is 11.7 Å². The maximum atomic E-state index is 12.1. The molecule has 1 aliphatic carbocycles. The number of alkyl halides is 3. The molecule has 4 nitrogen and oxygen atoms in total. The third-order valence-electron chi connectivity index (χ3n) is 2.16. The van der Waals surface area contributed by atoms with E-state index < -0.39 is 30.2 Å². The van der Waals surface area contributed by atoms with Crippen LogP contribution in [0.1, 0.15) is 27.7 Å². The minimum absolute atomic E-state index is 0.424. The summed E-state index contributed by atoms with van der Waals surface area (Å²) in [5, 5.41) is 2.31.